The van der Waals surface area contributed by atoms with E-state index < -0.39 is 5.41 Å². The number of nitrogens with one attached hydrogen (secondary N) is 2. The van der Waals surface area contributed by atoms with Gasteiger partial charge >= 0.3 is 0 Å². The molecular weight excluding hydrogens is 344 g/mol. The first kappa shape index (κ1) is 15.6. The Bertz CT molecular complexity index is 1090. The predicted octanol–water partition coefficient (Wildman–Crippen LogP) is 2.46. The fraction of sp³-hybridized carbons (Fsp3) is 0.150. The Morgan fingerprint density at radius 2 is 1.81 bits per heavy atom. The van der Waals surface area contributed by atoms with Gasteiger partial charge < -0.3 is 15.4 Å². The van der Waals surface area contributed by atoms with Crippen molar-refractivity contribution in [1.82, 2.24) is 9.78 Å². The molecule has 2 N–H and O–H groups in total. The van der Waals surface area contributed by atoms with Gasteiger partial charge in [0.25, 0.3) is 0 Å². The van der Waals surface area contributed by atoms with Gasteiger partial charge in [0.1, 0.15) is 17.0 Å². The molecule has 5 rings (SSSR count). The van der Waals surface area contributed by atoms with Crippen LogP contribution >= 0.6 is 0 Å². The number of nitrogens with zero attached hydrogens (tertiary/aromatic N) is 2. The number of anilines is 2. The number of amides is 2. The number of hydrogen-bond acceptors (Lipinski definition) is 4. The van der Waals surface area contributed by atoms with Crippen LogP contribution in [0.3, 0.4) is 0 Å². The van der Waals surface area contributed by atoms with Crippen LogP contribution in [0.15, 0.2) is 54.7 Å². The molecule has 2 aliphatic rings. The lowest BCUT2D eigenvalue weighted by Crippen LogP contribution is -2.43. The summed E-state index contributed by atoms with van der Waals surface area (Å²) in [5.41, 5.74) is 1.95. The molecule has 134 valence electrons. The summed E-state index contributed by atoms with van der Waals surface area (Å²) in [6.45, 7) is 0. The van der Waals surface area contributed by atoms with Crippen molar-refractivity contribution >= 4 is 23.3 Å². The zero-order valence-corrected chi connectivity index (χ0v) is 14.5. The Morgan fingerprint density at radius 1 is 1.04 bits per heavy atom. The highest BCUT2D eigenvalue weighted by Crippen LogP contribution is 2.49. The van der Waals surface area contributed by atoms with Crippen molar-refractivity contribution < 1.29 is 14.3 Å². The fourth-order valence-corrected chi connectivity index (χ4v) is 3.97. The Kier molecular flexibility index (Phi) is 3.15. The third-order valence-electron chi connectivity index (χ3n) is 5.25. The molecule has 2 aromatic carbocycles. The highest BCUT2D eigenvalue weighted by molar-refractivity contribution is 6.14. The van der Waals surface area contributed by atoms with Gasteiger partial charge in [0, 0.05) is 17.7 Å². The van der Waals surface area contributed by atoms with Crippen molar-refractivity contribution in [2.45, 2.75) is 11.8 Å². The van der Waals surface area contributed by atoms with E-state index in [1.54, 1.807) is 18.0 Å². The van der Waals surface area contributed by atoms with Crippen molar-refractivity contribution in [2.75, 3.05) is 17.7 Å². The van der Waals surface area contributed by atoms with Gasteiger partial charge in [-0.05, 0) is 35.9 Å². The lowest BCUT2D eigenvalue weighted by atomic mass is 9.72. The normalized spacial score (nSPS) is 20.0. The minimum absolute atomic E-state index is 0.0527. The summed E-state index contributed by atoms with van der Waals surface area (Å²) in [7, 11) is 1.60. The summed E-state index contributed by atoms with van der Waals surface area (Å²) in [5.74, 6) is 0.825. The first-order valence-electron chi connectivity index (χ1n) is 8.57. The van der Waals surface area contributed by atoms with Gasteiger partial charge in [-0.25, -0.2) is 4.68 Å². The number of benzene rings is 2. The molecule has 7 heteroatoms. The lowest BCUT2D eigenvalue weighted by Gasteiger charge is -2.31. The molecular formula is C20H16N4O3. The van der Waals surface area contributed by atoms with Gasteiger partial charge in [0.05, 0.1) is 19.0 Å². The SMILES string of the molecule is COc1ccc(-n2ncc3c2NC(=O)CC32C(=O)Nc3ccccc32)cc1. The number of aromatic nitrogens is 2. The van der Waals surface area contributed by atoms with Crippen LogP contribution in [0.2, 0.25) is 0 Å². The number of ether oxygens (including phenoxy) is 1. The van der Waals surface area contributed by atoms with Crippen molar-refractivity contribution in [1.29, 1.82) is 0 Å². The van der Waals surface area contributed by atoms with E-state index >= 15 is 0 Å². The molecule has 0 saturated heterocycles. The summed E-state index contributed by atoms with van der Waals surface area (Å²) in [5, 5.41) is 10.3. The third kappa shape index (κ3) is 2.05. The third-order valence-corrected chi connectivity index (χ3v) is 5.25. The zero-order chi connectivity index (χ0) is 18.6. The fourth-order valence-electron chi connectivity index (χ4n) is 3.97. The van der Waals surface area contributed by atoms with Gasteiger partial charge in [0.15, 0.2) is 0 Å². The van der Waals surface area contributed by atoms with Crippen LogP contribution in [-0.2, 0) is 15.0 Å². The van der Waals surface area contributed by atoms with Gasteiger partial charge in [-0.15, -0.1) is 0 Å². The summed E-state index contributed by atoms with van der Waals surface area (Å²) in [6, 6.07) is 14.8. The molecule has 0 bridgehead atoms. The quantitative estimate of drug-likeness (QED) is 0.735. The van der Waals surface area contributed by atoms with Crippen molar-refractivity contribution in [3.63, 3.8) is 0 Å². The zero-order valence-electron chi connectivity index (χ0n) is 14.5. The minimum Gasteiger partial charge on any atom is -0.497 e. The van der Waals surface area contributed by atoms with Crippen LogP contribution in [-0.4, -0.2) is 28.7 Å². The maximum atomic E-state index is 13.0. The number of carbonyl (C=O) groups excluding carboxylic acids is 2. The van der Waals surface area contributed by atoms with Crippen LogP contribution in [0, 0.1) is 0 Å². The number of methoxy groups -OCH3 is 1. The van der Waals surface area contributed by atoms with E-state index in [0.29, 0.717) is 11.4 Å². The van der Waals surface area contributed by atoms with E-state index in [1.807, 2.05) is 48.5 Å². The smallest absolute Gasteiger partial charge is 0.240 e. The van der Waals surface area contributed by atoms with Crippen LogP contribution in [0.1, 0.15) is 17.5 Å². The first-order chi connectivity index (χ1) is 13.1. The highest BCUT2D eigenvalue weighted by Gasteiger charge is 2.54. The van der Waals surface area contributed by atoms with Gasteiger partial charge in [-0.3, -0.25) is 9.59 Å². The average Bonchev–Trinajstić information content (AvgIpc) is 3.22. The number of fused-ring (bicyclic) bond motifs is 4. The summed E-state index contributed by atoms with van der Waals surface area (Å²) >= 11 is 0. The monoisotopic (exact) mass is 360 g/mol. The lowest BCUT2D eigenvalue weighted by molar-refractivity contribution is -0.125. The summed E-state index contributed by atoms with van der Waals surface area (Å²) < 4.78 is 6.83. The Balaban J connectivity index is 1.71. The Labute approximate surface area is 155 Å². The standard InChI is InChI=1S/C20H16N4O3/c1-27-13-8-6-12(7-9-13)24-18-15(11-21-24)20(10-17(25)23-18)14-4-2-3-5-16(14)22-19(20)26/h2-9,11H,10H2,1H3,(H,22,26)(H,23,25). The number of rotatable bonds is 2. The van der Waals surface area contributed by atoms with Crippen LogP contribution in [0.5, 0.6) is 5.75 Å². The van der Waals surface area contributed by atoms with Crippen LogP contribution in [0.4, 0.5) is 11.5 Å². The van der Waals surface area contributed by atoms with E-state index in [9.17, 15) is 9.59 Å². The molecule has 3 heterocycles. The molecule has 2 aliphatic heterocycles. The minimum atomic E-state index is -1.06. The number of hydrogen-bond donors (Lipinski definition) is 2. The van der Waals surface area contributed by atoms with Crippen molar-refractivity contribution in [2.24, 2.45) is 0 Å². The molecule has 2 amide bonds. The number of carbonyl (C=O) groups is 2. The molecule has 0 aliphatic carbocycles. The van der Waals surface area contributed by atoms with E-state index in [4.69, 9.17) is 4.74 Å². The maximum absolute atomic E-state index is 13.0. The second-order valence-electron chi connectivity index (χ2n) is 6.65. The molecule has 27 heavy (non-hydrogen) atoms. The van der Waals surface area contributed by atoms with E-state index in [-0.39, 0.29) is 18.2 Å². The van der Waals surface area contributed by atoms with Crippen LogP contribution < -0.4 is 15.4 Å². The molecule has 1 unspecified atom stereocenters. The second-order valence-corrected chi connectivity index (χ2v) is 6.65. The Morgan fingerprint density at radius 3 is 2.59 bits per heavy atom. The predicted molar refractivity (Wildman–Crippen MR) is 99.2 cm³/mol. The molecule has 7 nitrogen and oxygen atoms in total. The van der Waals surface area contributed by atoms with Gasteiger partial charge in [-0.2, -0.15) is 5.10 Å². The topological polar surface area (TPSA) is 85.2 Å². The van der Waals surface area contributed by atoms with Crippen molar-refractivity contribution in [3.8, 4) is 11.4 Å². The summed E-state index contributed by atoms with van der Waals surface area (Å²) in [6.07, 6.45) is 1.72. The average molecular weight is 360 g/mol. The molecule has 3 aromatic rings. The van der Waals surface area contributed by atoms with E-state index in [0.717, 1.165) is 22.7 Å². The number of para-hydroxylation sites is 1. The van der Waals surface area contributed by atoms with Crippen LogP contribution in [0.25, 0.3) is 5.69 Å². The Hall–Kier alpha value is -3.61. The van der Waals surface area contributed by atoms with E-state index in [2.05, 4.69) is 15.7 Å². The van der Waals surface area contributed by atoms with Gasteiger partial charge in [0.2, 0.25) is 11.8 Å². The second kappa shape index (κ2) is 5.44. The molecule has 1 aromatic heterocycles. The molecule has 1 spiro atoms. The highest BCUT2D eigenvalue weighted by atomic mass is 16.5. The largest absolute Gasteiger partial charge is 0.497 e. The first-order valence-corrected chi connectivity index (χ1v) is 8.57. The van der Waals surface area contributed by atoms with E-state index in [1.165, 1.54) is 0 Å². The molecule has 0 saturated carbocycles. The molecule has 0 radical (unpaired) electrons. The maximum Gasteiger partial charge on any atom is 0.240 e. The van der Waals surface area contributed by atoms with Gasteiger partial charge in [-0.1, -0.05) is 18.2 Å². The molecule has 0 fully saturated rings. The molecule has 1 atom stereocenters. The summed E-state index contributed by atoms with van der Waals surface area (Å²) in [4.78, 5) is 25.6. The van der Waals surface area contributed by atoms with Crippen molar-refractivity contribution in [3.05, 3.63) is 65.9 Å².